The van der Waals surface area contributed by atoms with E-state index in [1.807, 2.05) is 6.92 Å². The van der Waals surface area contributed by atoms with Gasteiger partial charge < -0.3 is 7.80 Å². The highest BCUT2D eigenvalue weighted by Crippen LogP contribution is 2.05. The molecule has 0 rings (SSSR count). The molecule has 0 aromatic rings. The molecule has 4 heteroatoms. The highest BCUT2D eigenvalue weighted by molar-refractivity contribution is 14.1. The Kier molecular flexibility index (Phi) is 7.89. The Hall–Kier alpha value is 0.160. The Morgan fingerprint density at radius 2 is 2.17 bits per heavy atom. The minimum absolute atomic E-state index is 0.250. The van der Waals surface area contributed by atoms with Crippen molar-refractivity contribution in [2.45, 2.75) is 39.2 Å². The van der Waals surface area contributed by atoms with Gasteiger partial charge in [-0.25, -0.2) is 4.79 Å². The second kappa shape index (κ2) is 7.79. The molecule has 1 unspecified atom stereocenters. The van der Waals surface area contributed by atoms with E-state index < -0.39 is 6.10 Å². The smallest absolute Gasteiger partial charge is 0.336 e. The normalized spacial score (nSPS) is 12.6. The predicted octanol–water partition coefficient (Wildman–Crippen LogP) is 2.47. The third-order valence-corrected chi connectivity index (χ3v) is 2.10. The average Bonchev–Trinajstić information content (AvgIpc) is 2.07. The van der Waals surface area contributed by atoms with Crippen molar-refractivity contribution in [2.24, 2.45) is 0 Å². The van der Waals surface area contributed by atoms with Crippen LogP contribution >= 0.6 is 23.0 Å². The summed E-state index contributed by atoms with van der Waals surface area (Å²) < 4.78 is 9.85. The summed E-state index contributed by atoms with van der Waals surface area (Å²) in [5, 5.41) is 0. The van der Waals surface area contributed by atoms with Gasteiger partial charge in [-0.1, -0.05) is 20.3 Å². The lowest BCUT2D eigenvalue weighted by molar-refractivity contribution is -0.150. The molecule has 0 amide bonds. The van der Waals surface area contributed by atoms with Crippen LogP contribution in [0.2, 0.25) is 0 Å². The third-order valence-electron chi connectivity index (χ3n) is 1.48. The Bertz CT molecular complexity index is 123. The number of esters is 1. The van der Waals surface area contributed by atoms with Crippen LogP contribution < -0.4 is 0 Å². The van der Waals surface area contributed by atoms with Crippen LogP contribution in [0.4, 0.5) is 0 Å². The van der Waals surface area contributed by atoms with Crippen molar-refractivity contribution in [3.63, 3.8) is 0 Å². The van der Waals surface area contributed by atoms with Gasteiger partial charge in [0.25, 0.3) is 0 Å². The second-order valence-corrected chi connectivity index (χ2v) is 3.02. The number of carbonyl (C=O) groups excluding carboxylic acids is 1. The lowest BCUT2D eigenvalue weighted by Gasteiger charge is -2.10. The molecule has 0 aliphatic carbocycles. The summed E-state index contributed by atoms with van der Waals surface area (Å²) >= 11 is 1.72. The third kappa shape index (κ3) is 4.92. The summed E-state index contributed by atoms with van der Waals surface area (Å²) in [5.74, 6) is -0.250. The van der Waals surface area contributed by atoms with E-state index in [9.17, 15) is 4.79 Å². The molecular formula is C8H15IO3. The molecule has 12 heavy (non-hydrogen) atoms. The van der Waals surface area contributed by atoms with Crippen molar-refractivity contribution in [1.29, 1.82) is 0 Å². The van der Waals surface area contributed by atoms with Gasteiger partial charge in [0.05, 0.1) is 6.61 Å². The molecule has 1 atom stereocenters. The molecule has 0 aliphatic rings. The van der Waals surface area contributed by atoms with E-state index >= 15 is 0 Å². The van der Waals surface area contributed by atoms with Gasteiger partial charge in [-0.2, -0.15) is 0 Å². The van der Waals surface area contributed by atoms with Crippen LogP contribution in [-0.2, 0) is 12.6 Å². The highest BCUT2D eigenvalue weighted by Gasteiger charge is 2.17. The molecule has 0 bridgehead atoms. The lowest BCUT2D eigenvalue weighted by atomic mass is 10.3. The fourth-order valence-corrected chi connectivity index (χ4v) is 1.24. The number of halogens is 1. The van der Waals surface area contributed by atoms with E-state index in [2.05, 4.69) is 6.92 Å². The molecule has 0 aliphatic heterocycles. The first-order valence-electron chi connectivity index (χ1n) is 4.20. The summed E-state index contributed by atoms with van der Waals surface area (Å²) in [6, 6.07) is 0. The first-order chi connectivity index (χ1) is 5.76. The average molecular weight is 286 g/mol. The molecular weight excluding hydrogens is 271 g/mol. The molecule has 0 saturated carbocycles. The van der Waals surface area contributed by atoms with Crippen LogP contribution in [0.1, 0.15) is 33.1 Å². The SMILES string of the molecule is CCCCOC(=O)C(CC)OI. The minimum atomic E-state index is -0.401. The van der Waals surface area contributed by atoms with Gasteiger partial charge in [-0.05, 0) is 12.8 Å². The molecule has 0 heterocycles. The topological polar surface area (TPSA) is 35.5 Å². The molecule has 0 radical (unpaired) electrons. The van der Waals surface area contributed by atoms with Crippen molar-refractivity contribution < 1.29 is 12.6 Å². The lowest BCUT2D eigenvalue weighted by Crippen LogP contribution is -2.23. The zero-order chi connectivity index (χ0) is 9.40. The van der Waals surface area contributed by atoms with Gasteiger partial charge in [0, 0.05) is 0 Å². The number of ether oxygens (including phenoxy) is 1. The summed E-state index contributed by atoms with van der Waals surface area (Å²) in [6.45, 7) is 4.45. The quantitative estimate of drug-likeness (QED) is 0.427. The number of rotatable bonds is 6. The zero-order valence-corrected chi connectivity index (χ0v) is 9.67. The van der Waals surface area contributed by atoms with Crippen LogP contribution in [0.3, 0.4) is 0 Å². The van der Waals surface area contributed by atoms with Crippen LogP contribution in [-0.4, -0.2) is 18.7 Å². The van der Waals surface area contributed by atoms with E-state index in [1.165, 1.54) is 0 Å². The maximum absolute atomic E-state index is 11.1. The number of hydrogen-bond acceptors (Lipinski definition) is 3. The first-order valence-corrected chi connectivity index (χ1v) is 5.08. The van der Waals surface area contributed by atoms with Crippen LogP contribution in [0.25, 0.3) is 0 Å². The molecule has 0 saturated heterocycles. The van der Waals surface area contributed by atoms with E-state index in [1.54, 1.807) is 23.0 Å². The van der Waals surface area contributed by atoms with E-state index in [0.29, 0.717) is 13.0 Å². The molecule has 0 fully saturated rings. The Morgan fingerprint density at radius 3 is 2.58 bits per heavy atom. The second-order valence-electron chi connectivity index (χ2n) is 2.51. The van der Waals surface area contributed by atoms with E-state index in [0.717, 1.165) is 12.8 Å². The van der Waals surface area contributed by atoms with Gasteiger partial charge in [0.15, 0.2) is 6.10 Å². The predicted molar refractivity (Wildman–Crippen MR) is 55.1 cm³/mol. The molecule has 0 aromatic heterocycles. The monoisotopic (exact) mass is 286 g/mol. The molecule has 0 N–H and O–H groups in total. The number of carbonyl (C=O) groups is 1. The Labute approximate surface area is 87.5 Å². The highest BCUT2D eigenvalue weighted by atomic mass is 127. The summed E-state index contributed by atoms with van der Waals surface area (Å²) in [7, 11) is 0. The fourth-order valence-electron chi connectivity index (χ4n) is 0.676. The molecule has 0 aromatic carbocycles. The van der Waals surface area contributed by atoms with Gasteiger partial charge in [-0.3, -0.25) is 0 Å². The molecule has 72 valence electrons. The number of unbranched alkanes of at least 4 members (excludes halogenated alkanes) is 1. The van der Waals surface area contributed by atoms with Crippen molar-refractivity contribution in [1.82, 2.24) is 0 Å². The van der Waals surface area contributed by atoms with Crippen LogP contribution in [0.15, 0.2) is 0 Å². The maximum Gasteiger partial charge on any atom is 0.336 e. The van der Waals surface area contributed by atoms with E-state index in [4.69, 9.17) is 7.80 Å². The summed E-state index contributed by atoms with van der Waals surface area (Å²) in [4.78, 5) is 11.1. The van der Waals surface area contributed by atoms with Crippen molar-refractivity contribution in [3.8, 4) is 0 Å². The Morgan fingerprint density at radius 1 is 1.50 bits per heavy atom. The van der Waals surface area contributed by atoms with Crippen molar-refractivity contribution in [3.05, 3.63) is 0 Å². The minimum Gasteiger partial charge on any atom is -0.464 e. The van der Waals surface area contributed by atoms with Crippen molar-refractivity contribution in [2.75, 3.05) is 6.61 Å². The van der Waals surface area contributed by atoms with Gasteiger partial charge >= 0.3 is 5.97 Å². The summed E-state index contributed by atoms with van der Waals surface area (Å²) in [5.41, 5.74) is 0. The fraction of sp³-hybridized carbons (Fsp3) is 0.875. The van der Waals surface area contributed by atoms with Crippen molar-refractivity contribution >= 4 is 29.0 Å². The van der Waals surface area contributed by atoms with Crippen LogP contribution in [0.5, 0.6) is 0 Å². The number of hydrogen-bond donors (Lipinski definition) is 0. The largest absolute Gasteiger partial charge is 0.464 e. The van der Waals surface area contributed by atoms with E-state index in [-0.39, 0.29) is 5.97 Å². The maximum atomic E-state index is 11.1. The van der Waals surface area contributed by atoms with Crippen LogP contribution in [0, 0.1) is 0 Å². The molecule has 0 spiro atoms. The first kappa shape index (κ1) is 12.2. The van der Waals surface area contributed by atoms with Gasteiger partial charge in [0.1, 0.15) is 23.0 Å². The van der Waals surface area contributed by atoms with Gasteiger partial charge in [0.2, 0.25) is 0 Å². The van der Waals surface area contributed by atoms with Gasteiger partial charge in [-0.15, -0.1) is 0 Å². The molecule has 3 nitrogen and oxygen atoms in total. The zero-order valence-electron chi connectivity index (χ0n) is 7.51. The summed E-state index contributed by atoms with van der Waals surface area (Å²) in [6.07, 6.45) is 2.22. The Balaban J connectivity index is 3.54. The standard InChI is InChI=1S/C8H15IO3/c1-3-5-6-11-8(10)7(4-2)12-9/h7H,3-6H2,1-2H3.